The molecule has 0 radical (unpaired) electrons. The highest BCUT2D eigenvalue weighted by Gasteiger charge is 2.00. The number of aromatic hydroxyl groups is 1. The van der Waals surface area contributed by atoms with Crippen LogP contribution in [0.5, 0.6) is 5.75 Å². The van der Waals surface area contributed by atoms with Crippen LogP contribution >= 0.6 is 0 Å². The first-order valence-electron chi connectivity index (χ1n) is 7.24. The molecule has 3 nitrogen and oxygen atoms in total. The summed E-state index contributed by atoms with van der Waals surface area (Å²) in [7, 11) is 0. The number of rotatable bonds is 5. The van der Waals surface area contributed by atoms with Crippen LogP contribution in [0, 0.1) is 0 Å². The summed E-state index contributed by atoms with van der Waals surface area (Å²) >= 11 is 0. The minimum atomic E-state index is 0.317. The molecular formula is C19H18N2O. The number of benzene rings is 3. The number of para-hydroxylation sites is 2. The maximum Gasteiger partial charge on any atom is 0.120 e. The summed E-state index contributed by atoms with van der Waals surface area (Å²) in [4.78, 5) is 0. The van der Waals surface area contributed by atoms with Gasteiger partial charge in [-0.2, -0.15) is 0 Å². The molecule has 0 saturated carbocycles. The standard InChI is InChI=1S/C19H18N2O/c22-19-9-5-4-6-15(19)14-20-16-10-12-18(13-11-16)21-17-7-2-1-3-8-17/h1-13,20-22H,14H2. The van der Waals surface area contributed by atoms with E-state index in [1.54, 1.807) is 6.07 Å². The van der Waals surface area contributed by atoms with Crippen molar-refractivity contribution >= 4 is 17.1 Å². The largest absolute Gasteiger partial charge is 0.508 e. The second-order valence-corrected chi connectivity index (χ2v) is 5.05. The molecule has 3 rings (SSSR count). The Labute approximate surface area is 130 Å². The minimum absolute atomic E-state index is 0.317. The number of anilines is 3. The zero-order chi connectivity index (χ0) is 15.2. The van der Waals surface area contributed by atoms with Gasteiger partial charge < -0.3 is 15.7 Å². The maximum absolute atomic E-state index is 9.75. The summed E-state index contributed by atoms with van der Waals surface area (Å²) < 4.78 is 0. The van der Waals surface area contributed by atoms with E-state index in [1.807, 2.05) is 72.8 Å². The van der Waals surface area contributed by atoms with E-state index in [1.165, 1.54) is 0 Å². The molecule has 110 valence electrons. The highest BCUT2D eigenvalue weighted by Crippen LogP contribution is 2.20. The number of nitrogens with one attached hydrogen (secondary N) is 2. The molecule has 0 aliphatic carbocycles. The topological polar surface area (TPSA) is 44.3 Å². The minimum Gasteiger partial charge on any atom is -0.508 e. The average molecular weight is 290 g/mol. The lowest BCUT2D eigenvalue weighted by atomic mass is 10.2. The van der Waals surface area contributed by atoms with Gasteiger partial charge in [-0.3, -0.25) is 0 Å². The molecule has 0 aromatic heterocycles. The lowest BCUT2D eigenvalue weighted by molar-refractivity contribution is 0.469. The lowest BCUT2D eigenvalue weighted by Gasteiger charge is -2.10. The molecule has 0 fully saturated rings. The van der Waals surface area contributed by atoms with E-state index in [0.717, 1.165) is 22.6 Å². The van der Waals surface area contributed by atoms with Crippen LogP contribution in [0.3, 0.4) is 0 Å². The van der Waals surface area contributed by atoms with E-state index in [0.29, 0.717) is 12.3 Å². The number of phenolic OH excluding ortho intramolecular Hbond substituents is 1. The van der Waals surface area contributed by atoms with E-state index in [9.17, 15) is 5.11 Å². The monoisotopic (exact) mass is 290 g/mol. The molecule has 0 unspecified atom stereocenters. The van der Waals surface area contributed by atoms with E-state index in [2.05, 4.69) is 10.6 Å². The van der Waals surface area contributed by atoms with Crippen LogP contribution in [0.25, 0.3) is 0 Å². The fourth-order valence-corrected chi connectivity index (χ4v) is 2.22. The predicted octanol–water partition coefficient (Wildman–Crippen LogP) is 4.75. The summed E-state index contributed by atoms with van der Waals surface area (Å²) in [5.74, 6) is 0.317. The summed E-state index contributed by atoms with van der Waals surface area (Å²) in [6.45, 7) is 0.595. The van der Waals surface area contributed by atoms with Gasteiger partial charge in [0.1, 0.15) is 5.75 Å². The van der Waals surface area contributed by atoms with Crippen molar-refractivity contribution in [1.29, 1.82) is 0 Å². The summed E-state index contributed by atoms with van der Waals surface area (Å²) in [5.41, 5.74) is 4.01. The second-order valence-electron chi connectivity index (χ2n) is 5.05. The SMILES string of the molecule is Oc1ccccc1CNc1ccc(Nc2ccccc2)cc1. The molecule has 0 aliphatic heterocycles. The number of hydrogen-bond donors (Lipinski definition) is 3. The fourth-order valence-electron chi connectivity index (χ4n) is 2.22. The van der Waals surface area contributed by atoms with Crippen LogP contribution in [-0.2, 0) is 6.54 Å². The van der Waals surface area contributed by atoms with Gasteiger partial charge in [-0.1, -0.05) is 36.4 Å². The quantitative estimate of drug-likeness (QED) is 0.635. The van der Waals surface area contributed by atoms with Gasteiger partial charge in [-0.15, -0.1) is 0 Å². The fraction of sp³-hybridized carbons (Fsp3) is 0.0526. The third-order valence-electron chi connectivity index (χ3n) is 3.42. The van der Waals surface area contributed by atoms with Crippen LogP contribution in [0.4, 0.5) is 17.1 Å². The molecule has 0 heterocycles. The summed E-state index contributed by atoms with van der Waals surface area (Å²) in [6.07, 6.45) is 0. The van der Waals surface area contributed by atoms with Gasteiger partial charge in [0.2, 0.25) is 0 Å². The van der Waals surface area contributed by atoms with Gasteiger partial charge in [0.15, 0.2) is 0 Å². The van der Waals surface area contributed by atoms with Gasteiger partial charge >= 0.3 is 0 Å². The summed E-state index contributed by atoms with van der Waals surface area (Å²) in [5, 5.41) is 16.4. The van der Waals surface area contributed by atoms with Gasteiger partial charge in [0, 0.05) is 29.2 Å². The number of hydrogen-bond acceptors (Lipinski definition) is 3. The van der Waals surface area contributed by atoms with Crippen molar-refractivity contribution in [1.82, 2.24) is 0 Å². The number of phenols is 1. The maximum atomic E-state index is 9.75. The van der Waals surface area contributed by atoms with E-state index >= 15 is 0 Å². The molecule has 22 heavy (non-hydrogen) atoms. The van der Waals surface area contributed by atoms with E-state index < -0.39 is 0 Å². The van der Waals surface area contributed by atoms with Crippen LogP contribution < -0.4 is 10.6 Å². The van der Waals surface area contributed by atoms with Gasteiger partial charge in [0.05, 0.1) is 0 Å². The molecule has 3 N–H and O–H groups in total. The Balaban J connectivity index is 1.61. The van der Waals surface area contributed by atoms with E-state index in [4.69, 9.17) is 0 Å². The Morgan fingerprint density at radius 3 is 1.95 bits per heavy atom. The molecule has 0 bridgehead atoms. The second kappa shape index (κ2) is 6.68. The zero-order valence-electron chi connectivity index (χ0n) is 12.2. The van der Waals surface area contributed by atoms with Crippen molar-refractivity contribution in [3.63, 3.8) is 0 Å². The van der Waals surface area contributed by atoms with Crippen LogP contribution in [0.15, 0.2) is 78.9 Å². The Morgan fingerprint density at radius 2 is 1.23 bits per heavy atom. The van der Waals surface area contributed by atoms with Crippen molar-refractivity contribution in [2.45, 2.75) is 6.54 Å². The first-order valence-corrected chi connectivity index (χ1v) is 7.24. The predicted molar refractivity (Wildman–Crippen MR) is 91.6 cm³/mol. The molecule has 0 aliphatic rings. The lowest BCUT2D eigenvalue weighted by Crippen LogP contribution is -1.99. The van der Waals surface area contributed by atoms with Crippen LogP contribution in [-0.4, -0.2) is 5.11 Å². The third-order valence-corrected chi connectivity index (χ3v) is 3.42. The third kappa shape index (κ3) is 3.58. The normalized spacial score (nSPS) is 10.2. The van der Waals surface area contributed by atoms with Crippen LogP contribution in [0.1, 0.15) is 5.56 Å². The Morgan fingerprint density at radius 1 is 0.636 bits per heavy atom. The highest BCUT2D eigenvalue weighted by molar-refractivity contribution is 5.62. The first kappa shape index (κ1) is 14.0. The molecule has 0 spiro atoms. The van der Waals surface area contributed by atoms with Crippen molar-refractivity contribution in [3.8, 4) is 5.75 Å². The van der Waals surface area contributed by atoms with Crippen LogP contribution in [0.2, 0.25) is 0 Å². The molecule has 0 saturated heterocycles. The Kier molecular flexibility index (Phi) is 4.25. The zero-order valence-corrected chi connectivity index (χ0v) is 12.2. The van der Waals surface area contributed by atoms with Gasteiger partial charge in [-0.05, 0) is 42.5 Å². The van der Waals surface area contributed by atoms with Crippen molar-refractivity contribution in [2.75, 3.05) is 10.6 Å². The smallest absolute Gasteiger partial charge is 0.120 e. The summed E-state index contributed by atoms with van der Waals surface area (Å²) in [6, 6.07) is 25.5. The molecule has 3 aromatic carbocycles. The van der Waals surface area contributed by atoms with Crippen molar-refractivity contribution in [3.05, 3.63) is 84.4 Å². The highest BCUT2D eigenvalue weighted by atomic mass is 16.3. The van der Waals surface area contributed by atoms with Gasteiger partial charge in [0.25, 0.3) is 0 Å². The molecule has 3 heteroatoms. The average Bonchev–Trinajstić information content (AvgIpc) is 2.56. The van der Waals surface area contributed by atoms with E-state index in [-0.39, 0.29) is 0 Å². The van der Waals surface area contributed by atoms with Crippen molar-refractivity contribution in [2.24, 2.45) is 0 Å². The Hall–Kier alpha value is -2.94. The molecule has 0 atom stereocenters. The Bertz CT molecular complexity index is 724. The molecular weight excluding hydrogens is 272 g/mol. The van der Waals surface area contributed by atoms with Crippen molar-refractivity contribution < 1.29 is 5.11 Å². The van der Waals surface area contributed by atoms with Gasteiger partial charge in [-0.25, -0.2) is 0 Å². The molecule has 3 aromatic rings. The first-order chi connectivity index (χ1) is 10.8. The molecule has 0 amide bonds.